The molecule has 3 rings (SSSR count). The summed E-state index contributed by atoms with van der Waals surface area (Å²) in [7, 11) is 0. The molecule has 1 aliphatic carbocycles. The zero-order valence-corrected chi connectivity index (χ0v) is 13.7. The summed E-state index contributed by atoms with van der Waals surface area (Å²) in [5.74, 6) is -0.737. The van der Waals surface area contributed by atoms with Gasteiger partial charge in [-0.05, 0) is 35.8 Å². The smallest absolute Gasteiger partial charge is 0.251 e. The number of carbonyl (C=O) groups excluding carboxylic acids is 2. The predicted molar refractivity (Wildman–Crippen MR) is 93.5 cm³/mol. The molecule has 2 N–H and O–H groups in total. The van der Waals surface area contributed by atoms with Gasteiger partial charge < -0.3 is 10.6 Å². The van der Waals surface area contributed by atoms with Crippen LogP contribution < -0.4 is 10.6 Å². The number of hydrogen-bond donors (Lipinski definition) is 2. The Balaban J connectivity index is 1.66. The maximum Gasteiger partial charge on any atom is 0.251 e. The number of carbonyl (C=O) groups is 2. The molecule has 0 heterocycles. The van der Waals surface area contributed by atoms with Crippen LogP contribution in [0.3, 0.4) is 0 Å². The average molecular weight is 338 g/mol. The van der Waals surface area contributed by atoms with Crippen molar-refractivity contribution in [2.24, 2.45) is 0 Å². The topological polar surface area (TPSA) is 58.2 Å². The van der Waals surface area contributed by atoms with Gasteiger partial charge in [-0.1, -0.05) is 43.0 Å². The van der Waals surface area contributed by atoms with Crippen LogP contribution in [0, 0.1) is 5.82 Å². The molecular formula is C20H19FN2O2. The van der Waals surface area contributed by atoms with E-state index < -0.39 is 0 Å². The van der Waals surface area contributed by atoms with Crippen LogP contribution in [0.15, 0.2) is 61.2 Å². The highest BCUT2D eigenvalue weighted by Crippen LogP contribution is 2.41. The van der Waals surface area contributed by atoms with Gasteiger partial charge in [0.05, 0.1) is 0 Å². The monoisotopic (exact) mass is 338 g/mol. The third kappa shape index (κ3) is 3.94. The van der Waals surface area contributed by atoms with Crippen molar-refractivity contribution < 1.29 is 14.0 Å². The molecule has 0 aromatic heterocycles. The van der Waals surface area contributed by atoms with E-state index in [-0.39, 0.29) is 36.1 Å². The maximum atomic E-state index is 13.8. The van der Waals surface area contributed by atoms with E-state index in [2.05, 4.69) is 17.2 Å². The van der Waals surface area contributed by atoms with Gasteiger partial charge >= 0.3 is 0 Å². The fraction of sp³-hybridized carbons (Fsp3) is 0.200. The molecule has 0 radical (unpaired) electrons. The first kappa shape index (κ1) is 16.9. The van der Waals surface area contributed by atoms with Crippen molar-refractivity contribution in [2.75, 3.05) is 0 Å². The van der Waals surface area contributed by atoms with E-state index in [0.29, 0.717) is 11.1 Å². The van der Waals surface area contributed by atoms with Crippen LogP contribution >= 0.6 is 0 Å². The molecule has 1 saturated carbocycles. The van der Waals surface area contributed by atoms with Crippen molar-refractivity contribution in [3.63, 3.8) is 0 Å². The van der Waals surface area contributed by atoms with Crippen LogP contribution in [0.25, 0.3) is 0 Å². The van der Waals surface area contributed by atoms with Gasteiger partial charge in [0, 0.05) is 24.1 Å². The molecule has 1 fully saturated rings. The zero-order valence-electron chi connectivity index (χ0n) is 13.7. The normalized spacial score (nSPS) is 18.3. The van der Waals surface area contributed by atoms with Crippen LogP contribution in [0.4, 0.5) is 4.39 Å². The molecule has 0 spiro atoms. The molecule has 4 nitrogen and oxygen atoms in total. The highest BCUT2D eigenvalue weighted by molar-refractivity contribution is 5.96. The van der Waals surface area contributed by atoms with Gasteiger partial charge in [0.1, 0.15) is 5.82 Å². The molecule has 1 aliphatic rings. The van der Waals surface area contributed by atoms with Crippen molar-refractivity contribution in [1.29, 1.82) is 0 Å². The van der Waals surface area contributed by atoms with Crippen LogP contribution in [-0.2, 0) is 11.3 Å². The maximum absolute atomic E-state index is 13.8. The minimum absolute atomic E-state index is 0.0118. The summed E-state index contributed by atoms with van der Waals surface area (Å²) in [4.78, 5) is 23.9. The summed E-state index contributed by atoms with van der Waals surface area (Å²) in [6.45, 7) is 3.65. The Kier molecular flexibility index (Phi) is 4.93. The van der Waals surface area contributed by atoms with Crippen LogP contribution in [0.1, 0.15) is 33.8 Å². The van der Waals surface area contributed by atoms with Crippen LogP contribution in [0.5, 0.6) is 0 Å². The van der Waals surface area contributed by atoms with Gasteiger partial charge in [-0.3, -0.25) is 9.59 Å². The lowest BCUT2D eigenvalue weighted by Gasteiger charge is -2.11. The summed E-state index contributed by atoms with van der Waals surface area (Å²) in [5, 5.41) is 5.62. The van der Waals surface area contributed by atoms with E-state index in [4.69, 9.17) is 0 Å². The van der Waals surface area contributed by atoms with Crippen molar-refractivity contribution in [2.45, 2.75) is 24.9 Å². The van der Waals surface area contributed by atoms with Crippen LogP contribution in [0.2, 0.25) is 0 Å². The van der Waals surface area contributed by atoms with Crippen molar-refractivity contribution in [3.05, 3.63) is 83.7 Å². The second kappa shape index (κ2) is 7.30. The SMILES string of the molecule is C=CC(=O)NCc1ccccc1C(=O)N[C@@H]1C[C@H]1c1ccccc1F. The van der Waals surface area contributed by atoms with Gasteiger partial charge in [0.2, 0.25) is 5.91 Å². The molecule has 0 saturated heterocycles. The molecular weight excluding hydrogens is 319 g/mol. The second-order valence-electron chi connectivity index (χ2n) is 6.02. The first-order valence-corrected chi connectivity index (χ1v) is 8.13. The number of benzene rings is 2. The molecule has 0 aliphatic heterocycles. The van der Waals surface area contributed by atoms with Crippen LogP contribution in [-0.4, -0.2) is 17.9 Å². The Morgan fingerprint density at radius 3 is 2.64 bits per heavy atom. The number of rotatable bonds is 6. The third-order valence-corrected chi connectivity index (χ3v) is 4.31. The van der Waals surface area contributed by atoms with Gasteiger partial charge in [0.25, 0.3) is 5.91 Å². The zero-order chi connectivity index (χ0) is 17.8. The number of nitrogens with one attached hydrogen (secondary N) is 2. The molecule has 25 heavy (non-hydrogen) atoms. The van der Waals surface area contributed by atoms with E-state index in [9.17, 15) is 14.0 Å². The van der Waals surface area contributed by atoms with Gasteiger partial charge in [0.15, 0.2) is 0 Å². The van der Waals surface area contributed by atoms with Crippen molar-refractivity contribution in [3.8, 4) is 0 Å². The van der Waals surface area contributed by atoms with Gasteiger partial charge in [-0.25, -0.2) is 4.39 Å². The quantitative estimate of drug-likeness (QED) is 0.796. The first-order valence-electron chi connectivity index (χ1n) is 8.13. The Hall–Kier alpha value is -2.95. The first-order chi connectivity index (χ1) is 12.1. The van der Waals surface area contributed by atoms with E-state index in [1.165, 1.54) is 12.1 Å². The fourth-order valence-corrected chi connectivity index (χ4v) is 2.87. The lowest BCUT2D eigenvalue weighted by atomic mass is 10.1. The Morgan fingerprint density at radius 2 is 1.88 bits per heavy atom. The van der Waals surface area contributed by atoms with Gasteiger partial charge in [-0.15, -0.1) is 0 Å². The molecule has 128 valence electrons. The van der Waals surface area contributed by atoms with E-state index >= 15 is 0 Å². The average Bonchev–Trinajstić information content (AvgIpc) is 3.39. The van der Waals surface area contributed by atoms with E-state index in [0.717, 1.165) is 12.0 Å². The van der Waals surface area contributed by atoms with Gasteiger partial charge in [-0.2, -0.15) is 0 Å². The Morgan fingerprint density at radius 1 is 1.16 bits per heavy atom. The Labute approximate surface area is 145 Å². The number of halogens is 1. The lowest BCUT2D eigenvalue weighted by molar-refractivity contribution is -0.116. The Bertz CT molecular complexity index is 819. The third-order valence-electron chi connectivity index (χ3n) is 4.31. The summed E-state index contributed by atoms with van der Waals surface area (Å²) in [5.41, 5.74) is 1.86. The molecule has 2 amide bonds. The van der Waals surface area contributed by atoms with E-state index in [1.807, 2.05) is 6.07 Å². The summed E-state index contributed by atoms with van der Waals surface area (Å²) < 4.78 is 13.8. The molecule has 5 heteroatoms. The molecule has 2 atom stereocenters. The second-order valence-corrected chi connectivity index (χ2v) is 6.02. The molecule has 0 bridgehead atoms. The summed E-state index contributed by atoms with van der Waals surface area (Å²) >= 11 is 0. The molecule has 0 unspecified atom stereocenters. The molecule has 2 aromatic carbocycles. The van der Waals surface area contributed by atoms with Crippen molar-refractivity contribution in [1.82, 2.24) is 10.6 Å². The minimum Gasteiger partial charge on any atom is -0.349 e. The minimum atomic E-state index is -0.294. The highest BCUT2D eigenvalue weighted by atomic mass is 19.1. The number of amides is 2. The highest BCUT2D eigenvalue weighted by Gasteiger charge is 2.41. The summed E-state index contributed by atoms with van der Waals surface area (Å²) in [6, 6.07) is 13.7. The largest absolute Gasteiger partial charge is 0.349 e. The standard InChI is InChI=1S/C20H19FN2O2/c1-2-19(24)22-12-13-7-3-4-8-14(13)20(25)23-18-11-16(18)15-9-5-6-10-17(15)21/h2-10,16,18H,1,11-12H2,(H,22,24)(H,23,25)/t16-,18+/m0/s1. The number of hydrogen-bond acceptors (Lipinski definition) is 2. The summed E-state index contributed by atoms with van der Waals surface area (Å²) in [6.07, 6.45) is 1.91. The molecule has 2 aromatic rings. The lowest BCUT2D eigenvalue weighted by Crippen LogP contribution is -2.29. The van der Waals surface area contributed by atoms with Crippen molar-refractivity contribution >= 4 is 11.8 Å². The van der Waals surface area contributed by atoms with E-state index in [1.54, 1.807) is 36.4 Å². The fourth-order valence-electron chi connectivity index (χ4n) is 2.87. The predicted octanol–water partition coefficient (Wildman–Crippen LogP) is 2.91.